The molecule has 0 aliphatic heterocycles. The molecule has 2 rings (SSSR count). The fraction of sp³-hybridized carbons (Fsp3) is 0.452. The zero-order chi connectivity index (χ0) is 35.8. The van der Waals surface area contributed by atoms with E-state index in [0.29, 0.717) is 24.3 Å². The number of furan rings is 1. The molecule has 17 nitrogen and oxygen atoms in total. The number of carboxylic acids is 3. The van der Waals surface area contributed by atoms with Gasteiger partial charge in [0, 0.05) is 5.56 Å². The average Bonchev–Trinajstić information content (AvgIpc) is 3.54. The molecule has 48 heavy (non-hydrogen) atoms. The number of nitrogens with zero attached hydrogens (tertiary/aromatic N) is 1. The Labute approximate surface area is 275 Å². The van der Waals surface area contributed by atoms with Crippen LogP contribution in [-0.2, 0) is 24.0 Å². The summed E-state index contributed by atoms with van der Waals surface area (Å²) in [4.78, 5) is 83.2. The molecule has 1 heterocycles. The third kappa shape index (κ3) is 11.7. The van der Waals surface area contributed by atoms with Gasteiger partial charge in [0.2, 0.25) is 12.3 Å². The predicted octanol–water partition coefficient (Wildman–Crippen LogP) is 2.08. The van der Waals surface area contributed by atoms with E-state index in [9.17, 15) is 43.9 Å². The highest BCUT2D eigenvalue weighted by Gasteiger charge is 2.31. The van der Waals surface area contributed by atoms with E-state index in [0.717, 1.165) is 19.3 Å². The summed E-state index contributed by atoms with van der Waals surface area (Å²) in [5, 5.41) is 44.9. The lowest BCUT2D eigenvalue weighted by molar-refractivity contribution is -0.168. The highest BCUT2D eigenvalue weighted by Crippen LogP contribution is 2.29. The first-order valence-electron chi connectivity index (χ1n) is 15.1. The summed E-state index contributed by atoms with van der Waals surface area (Å²) in [6.45, 7) is 2.62. The highest BCUT2D eigenvalue weighted by atomic mass is 16.5. The molecule has 0 radical (unpaired) electrons. The second-order valence-corrected chi connectivity index (χ2v) is 10.7. The molecule has 1 aromatic heterocycles. The minimum Gasteiger partial charge on any atom is -0.481 e. The van der Waals surface area contributed by atoms with Gasteiger partial charge >= 0.3 is 17.9 Å². The van der Waals surface area contributed by atoms with Crippen molar-refractivity contribution in [3.8, 4) is 17.1 Å². The minimum atomic E-state index is -1.77. The minimum absolute atomic E-state index is 0.0976. The number of hydrogen-bond donors (Lipinski definition) is 7. The number of benzene rings is 1. The molecule has 0 aliphatic rings. The van der Waals surface area contributed by atoms with Gasteiger partial charge in [0.1, 0.15) is 17.6 Å². The summed E-state index contributed by atoms with van der Waals surface area (Å²) in [5.41, 5.74) is -0.0526. The number of carbonyl (C=O) groups is 7. The molecule has 0 unspecified atom stereocenters. The summed E-state index contributed by atoms with van der Waals surface area (Å²) < 4.78 is 10.8. The van der Waals surface area contributed by atoms with Crippen LogP contribution in [-0.4, -0.2) is 93.0 Å². The highest BCUT2D eigenvalue weighted by molar-refractivity contribution is 6.00. The molecule has 0 fully saturated rings. The van der Waals surface area contributed by atoms with Crippen molar-refractivity contribution in [2.45, 2.75) is 70.9 Å². The lowest BCUT2D eigenvalue weighted by atomic mass is 9.90. The number of hydroxylamine groups is 2. The Hall–Kier alpha value is -5.45. The molecule has 0 spiro atoms. The van der Waals surface area contributed by atoms with Gasteiger partial charge in [-0.15, -0.1) is 0 Å². The lowest BCUT2D eigenvalue weighted by Gasteiger charge is -2.29. The quantitative estimate of drug-likeness (QED) is 0.0310. The first-order chi connectivity index (χ1) is 22.8. The van der Waals surface area contributed by atoms with Crippen molar-refractivity contribution in [3.05, 3.63) is 41.7 Å². The van der Waals surface area contributed by atoms with Crippen LogP contribution < -0.4 is 20.7 Å². The number of hydrogen-bond acceptors (Lipinski definition) is 10. The van der Waals surface area contributed by atoms with Crippen LogP contribution in [0.5, 0.6) is 5.75 Å². The van der Waals surface area contributed by atoms with Crippen LogP contribution in [0.2, 0.25) is 0 Å². The van der Waals surface area contributed by atoms with Gasteiger partial charge in [-0.3, -0.25) is 29.2 Å². The largest absolute Gasteiger partial charge is 0.481 e. The first kappa shape index (κ1) is 38.7. The molecule has 2 aromatic rings. The van der Waals surface area contributed by atoms with E-state index in [2.05, 4.69) is 16.0 Å². The molecule has 3 atom stereocenters. The standard InChI is InChI=1S/C31H40N4O13/c1-3-5-6-7-8-19(22(4-2)35(46)17-36)28(41)32-16-33-30(43)24-12-11-23(48-24)18-9-10-20(25(13-18)47-15-27(39)40)29(42)34-21(31(44)45)14-26(37)38/h9-13,17,19,21-22,46H,3-8,14-16H2,1-2H3,(H,32,41)(H,33,43)(H,34,42)(H,37,38)(H,39,40)(H,44,45)/t19-,21+,22-/m1/s1. The zero-order valence-corrected chi connectivity index (χ0v) is 26.5. The number of unbranched alkanes of at least 4 members (excludes halogenated alkanes) is 3. The van der Waals surface area contributed by atoms with Crippen molar-refractivity contribution in [2.24, 2.45) is 5.92 Å². The first-order valence-corrected chi connectivity index (χ1v) is 15.1. The molecule has 262 valence electrons. The van der Waals surface area contributed by atoms with Gasteiger partial charge in [-0.25, -0.2) is 14.7 Å². The van der Waals surface area contributed by atoms with Crippen molar-refractivity contribution in [2.75, 3.05) is 13.3 Å². The molecular weight excluding hydrogens is 636 g/mol. The maximum Gasteiger partial charge on any atom is 0.341 e. The van der Waals surface area contributed by atoms with Crippen LogP contribution in [0.15, 0.2) is 34.7 Å². The van der Waals surface area contributed by atoms with Gasteiger partial charge in [0.25, 0.3) is 11.8 Å². The van der Waals surface area contributed by atoms with E-state index in [4.69, 9.17) is 19.4 Å². The van der Waals surface area contributed by atoms with Crippen molar-refractivity contribution in [3.63, 3.8) is 0 Å². The number of carboxylic acid groups (broad SMARTS) is 3. The van der Waals surface area contributed by atoms with Crippen molar-refractivity contribution >= 4 is 42.0 Å². The fourth-order valence-corrected chi connectivity index (χ4v) is 4.80. The smallest absolute Gasteiger partial charge is 0.341 e. The number of carbonyl (C=O) groups excluding carboxylic acids is 4. The maximum atomic E-state index is 13.0. The SMILES string of the molecule is CCCCCC[C@@H](C(=O)NCNC(=O)c1ccc(-c2ccc(C(=O)N[C@@H](CC(=O)O)C(=O)O)c(OCC(=O)O)c2)o1)[C@@H](CC)N(O)C=O. The second-order valence-electron chi connectivity index (χ2n) is 10.7. The molecule has 1 aromatic carbocycles. The number of amides is 4. The van der Waals surface area contributed by atoms with E-state index in [-0.39, 0.29) is 41.5 Å². The van der Waals surface area contributed by atoms with E-state index < -0.39 is 66.7 Å². The van der Waals surface area contributed by atoms with E-state index in [1.165, 1.54) is 30.3 Å². The molecule has 0 aliphatic carbocycles. The Morgan fingerprint density at radius 1 is 0.938 bits per heavy atom. The Kier molecular flexibility index (Phi) is 15.5. The predicted molar refractivity (Wildman–Crippen MR) is 165 cm³/mol. The maximum absolute atomic E-state index is 13.0. The fourth-order valence-electron chi connectivity index (χ4n) is 4.80. The average molecular weight is 677 g/mol. The normalized spacial score (nSPS) is 12.6. The topological polar surface area (TPSA) is 262 Å². The number of aliphatic carboxylic acids is 3. The van der Waals surface area contributed by atoms with E-state index in [1.54, 1.807) is 6.92 Å². The molecule has 0 bridgehead atoms. The van der Waals surface area contributed by atoms with Crippen LogP contribution in [0, 0.1) is 5.92 Å². The molecule has 4 amide bonds. The van der Waals surface area contributed by atoms with Gasteiger partial charge in [-0.1, -0.05) is 45.6 Å². The van der Waals surface area contributed by atoms with E-state index in [1.807, 2.05) is 6.92 Å². The molecule has 0 saturated carbocycles. The van der Waals surface area contributed by atoms with Gasteiger partial charge in [0.15, 0.2) is 12.4 Å². The Morgan fingerprint density at radius 3 is 2.27 bits per heavy atom. The van der Waals surface area contributed by atoms with Crippen molar-refractivity contribution < 1.29 is 63.2 Å². The summed E-state index contributed by atoms with van der Waals surface area (Å²) in [6.07, 6.45) is 3.63. The van der Waals surface area contributed by atoms with Gasteiger partial charge in [-0.05, 0) is 37.1 Å². The van der Waals surface area contributed by atoms with Gasteiger partial charge in [-0.2, -0.15) is 0 Å². The molecule has 7 N–H and O–H groups in total. The second kappa shape index (κ2) is 19.3. The third-order valence-corrected chi connectivity index (χ3v) is 7.22. The van der Waals surface area contributed by atoms with Crippen molar-refractivity contribution in [1.82, 2.24) is 21.0 Å². The van der Waals surface area contributed by atoms with Crippen LogP contribution in [0.4, 0.5) is 0 Å². The summed E-state index contributed by atoms with van der Waals surface area (Å²) in [6, 6.07) is 3.96. The third-order valence-electron chi connectivity index (χ3n) is 7.22. The zero-order valence-electron chi connectivity index (χ0n) is 26.5. The number of nitrogens with one attached hydrogen (secondary N) is 3. The van der Waals surface area contributed by atoms with Crippen LogP contribution >= 0.6 is 0 Å². The summed E-state index contributed by atoms with van der Waals surface area (Å²) in [5.74, 6) is -7.74. The number of ether oxygens (including phenoxy) is 1. The van der Waals surface area contributed by atoms with Gasteiger partial charge in [0.05, 0.1) is 30.6 Å². The summed E-state index contributed by atoms with van der Waals surface area (Å²) >= 11 is 0. The van der Waals surface area contributed by atoms with Crippen molar-refractivity contribution in [1.29, 1.82) is 0 Å². The summed E-state index contributed by atoms with van der Waals surface area (Å²) in [7, 11) is 0. The Bertz CT molecular complexity index is 1460. The van der Waals surface area contributed by atoms with Gasteiger partial charge < -0.3 is 40.4 Å². The van der Waals surface area contributed by atoms with Crippen LogP contribution in [0.1, 0.15) is 79.7 Å². The Balaban J connectivity index is 2.16. The monoisotopic (exact) mass is 676 g/mol. The molecule has 17 heteroatoms. The van der Waals surface area contributed by atoms with Crippen LogP contribution in [0.3, 0.4) is 0 Å². The lowest BCUT2D eigenvalue weighted by Crippen LogP contribution is -2.47. The number of rotatable bonds is 22. The Morgan fingerprint density at radius 2 is 1.67 bits per heavy atom. The molecule has 0 saturated heterocycles. The van der Waals surface area contributed by atoms with Crippen LogP contribution in [0.25, 0.3) is 11.3 Å². The van der Waals surface area contributed by atoms with E-state index >= 15 is 0 Å². The molecular formula is C31H40N4O13.